The zero-order chi connectivity index (χ0) is 15.7. The summed E-state index contributed by atoms with van der Waals surface area (Å²) >= 11 is 0. The van der Waals surface area contributed by atoms with Crippen LogP contribution in [0, 0.1) is 12.3 Å². The maximum Gasteiger partial charge on any atom is 0.241 e. The predicted molar refractivity (Wildman–Crippen MR) is 83.5 cm³/mol. The van der Waals surface area contributed by atoms with Crippen molar-refractivity contribution in [1.82, 2.24) is 4.72 Å². The molecule has 5 heteroatoms. The highest BCUT2D eigenvalue weighted by Crippen LogP contribution is 2.36. The van der Waals surface area contributed by atoms with Gasteiger partial charge in [0.25, 0.3) is 0 Å². The molecule has 1 aliphatic carbocycles. The fraction of sp³-hybridized carbons (Fsp3) is 0.625. The van der Waals surface area contributed by atoms with Crippen LogP contribution in [0.25, 0.3) is 0 Å². The lowest BCUT2D eigenvalue weighted by Crippen LogP contribution is -2.46. The van der Waals surface area contributed by atoms with Crippen LogP contribution in [0.2, 0.25) is 0 Å². The van der Waals surface area contributed by atoms with Gasteiger partial charge in [0.2, 0.25) is 10.0 Å². The molecule has 0 aliphatic heterocycles. The van der Waals surface area contributed by atoms with E-state index in [4.69, 9.17) is 0 Å². The molecule has 1 aromatic rings. The SMILES string of the molecule is Cc1c(CO)cccc1S(=O)(=O)NC1CCCCC1(C)C. The molecule has 118 valence electrons. The molecular formula is C16H25NO3S. The Labute approximate surface area is 127 Å². The minimum absolute atomic E-state index is 0.0200. The second-order valence-electron chi connectivity index (χ2n) is 6.61. The highest BCUT2D eigenvalue weighted by Gasteiger charge is 2.35. The number of nitrogens with one attached hydrogen (secondary N) is 1. The van der Waals surface area contributed by atoms with Crippen molar-refractivity contribution in [3.63, 3.8) is 0 Å². The highest BCUT2D eigenvalue weighted by atomic mass is 32.2. The summed E-state index contributed by atoms with van der Waals surface area (Å²) < 4.78 is 28.3. The van der Waals surface area contributed by atoms with E-state index < -0.39 is 10.0 Å². The molecular weight excluding hydrogens is 286 g/mol. The Morgan fingerprint density at radius 1 is 1.33 bits per heavy atom. The number of benzene rings is 1. The molecule has 1 unspecified atom stereocenters. The third-order valence-corrected chi connectivity index (χ3v) is 6.28. The maximum atomic E-state index is 12.7. The first-order chi connectivity index (χ1) is 9.78. The Kier molecular flexibility index (Phi) is 4.76. The minimum Gasteiger partial charge on any atom is -0.392 e. The Bertz CT molecular complexity index is 608. The first-order valence-electron chi connectivity index (χ1n) is 7.49. The fourth-order valence-electron chi connectivity index (χ4n) is 3.09. The van der Waals surface area contributed by atoms with Crippen LogP contribution in [-0.2, 0) is 16.6 Å². The molecule has 0 bridgehead atoms. The molecule has 4 nitrogen and oxygen atoms in total. The van der Waals surface area contributed by atoms with Crippen molar-refractivity contribution >= 4 is 10.0 Å². The predicted octanol–water partition coefficient (Wildman–Crippen LogP) is 2.73. The van der Waals surface area contributed by atoms with Gasteiger partial charge in [-0.05, 0) is 42.4 Å². The molecule has 0 amide bonds. The first kappa shape index (κ1) is 16.5. The van der Waals surface area contributed by atoms with Crippen LogP contribution in [0.15, 0.2) is 23.1 Å². The summed E-state index contributed by atoms with van der Waals surface area (Å²) in [6, 6.07) is 5.00. The van der Waals surface area contributed by atoms with Gasteiger partial charge in [-0.25, -0.2) is 13.1 Å². The van der Waals surface area contributed by atoms with Crippen LogP contribution in [-0.4, -0.2) is 19.6 Å². The lowest BCUT2D eigenvalue weighted by atomic mass is 9.74. The summed E-state index contributed by atoms with van der Waals surface area (Å²) in [6.45, 7) is 5.84. The molecule has 0 radical (unpaired) electrons. The summed E-state index contributed by atoms with van der Waals surface area (Å²) in [5, 5.41) is 9.30. The number of aliphatic hydroxyl groups excluding tert-OH is 1. The fourth-order valence-corrected chi connectivity index (χ4v) is 4.82. The van der Waals surface area contributed by atoms with Crippen LogP contribution < -0.4 is 4.72 Å². The highest BCUT2D eigenvalue weighted by molar-refractivity contribution is 7.89. The third-order valence-electron chi connectivity index (χ3n) is 4.66. The molecule has 0 aromatic heterocycles. The topological polar surface area (TPSA) is 66.4 Å². The normalized spacial score (nSPS) is 22.2. The second-order valence-corrected chi connectivity index (χ2v) is 8.29. The van der Waals surface area contributed by atoms with Crippen molar-refractivity contribution < 1.29 is 13.5 Å². The summed E-state index contributed by atoms with van der Waals surface area (Å²) in [6.07, 6.45) is 4.14. The Balaban J connectivity index is 2.31. The molecule has 2 N–H and O–H groups in total. The lowest BCUT2D eigenvalue weighted by molar-refractivity contribution is 0.188. The summed E-state index contributed by atoms with van der Waals surface area (Å²) in [4.78, 5) is 0.274. The Morgan fingerprint density at radius 2 is 2.05 bits per heavy atom. The van der Waals surface area contributed by atoms with E-state index in [0.29, 0.717) is 11.1 Å². The van der Waals surface area contributed by atoms with E-state index in [1.165, 1.54) is 0 Å². The third kappa shape index (κ3) is 3.47. The molecule has 0 saturated heterocycles. The van der Waals surface area contributed by atoms with Crippen LogP contribution in [0.4, 0.5) is 0 Å². The van der Waals surface area contributed by atoms with Gasteiger partial charge in [0, 0.05) is 6.04 Å². The van der Waals surface area contributed by atoms with Crippen molar-refractivity contribution in [2.45, 2.75) is 64.0 Å². The number of hydrogen-bond acceptors (Lipinski definition) is 3. The van der Waals surface area contributed by atoms with Gasteiger partial charge >= 0.3 is 0 Å². The van der Waals surface area contributed by atoms with Gasteiger partial charge in [0.05, 0.1) is 11.5 Å². The minimum atomic E-state index is -3.56. The quantitative estimate of drug-likeness (QED) is 0.898. The van der Waals surface area contributed by atoms with Gasteiger partial charge in [0.15, 0.2) is 0 Å². The molecule has 0 spiro atoms. The molecule has 1 saturated carbocycles. The number of hydrogen-bond donors (Lipinski definition) is 2. The molecule has 1 fully saturated rings. The van der Waals surface area contributed by atoms with E-state index in [1.807, 2.05) is 0 Å². The Morgan fingerprint density at radius 3 is 2.67 bits per heavy atom. The summed E-state index contributed by atoms with van der Waals surface area (Å²) in [5.41, 5.74) is 1.26. The lowest BCUT2D eigenvalue weighted by Gasteiger charge is -2.38. The van der Waals surface area contributed by atoms with Crippen LogP contribution in [0.1, 0.15) is 50.7 Å². The molecule has 0 heterocycles. The van der Waals surface area contributed by atoms with E-state index >= 15 is 0 Å². The largest absolute Gasteiger partial charge is 0.392 e. The number of sulfonamides is 1. The van der Waals surface area contributed by atoms with Gasteiger partial charge in [-0.3, -0.25) is 0 Å². The molecule has 1 aromatic carbocycles. The van der Waals surface area contributed by atoms with Crippen LogP contribution in [0.3, 0.4) is 0 Å². The van der Waals surface area contributed by atoms with E-state index in [-0.39, 0.29) is 23.0 Å². The average Bonchev–Trinajstić information content (AvgIpc) is 2.41. The van der Waals surface area contributed by atoms with E-state index in [0.717, 1.165) is 25.7 Å². The van der Waals surface area contributed by atoms with E-state index in [1.54, 1.807) is 25.1 Å². The van der Waals surface area contributed by atoms with Crippen LogP contribution in [0.5, 0.6) is 0 Å². The van der Waals surface area contributed by atoms with Crippen molar-refractivity contribution in [1.29, 1.82) is 0 Å². The zero-order valence-electron chi connectivity index (χ0n) is 13.0. The van der Waals surface area contributed by atoms with E-state index in [2.05, 4.69) is 18.6 Å². The Hall–Kier alpha value is -0.910. The van der Waals surface area contributed by atoms with E-state index in [9.17, 15) is 13.5 Å². The maximum absolute atomic E-state index is 12.7. The first-order valence-corrected chi connectivity index (χ1v) is 8.98. The van der Waals surface area contributed by atoms with Crippen molar-refractivity contribution in [2.24, 2.45) is 5.41 Å². The van der Waals surface area contributed by atoms with Crippen LogP contribution >= 0.6 is 0 Å². The van der Waals surface area contributed by atoms with Crippen molar-refractivity contribution in [3.05, 3.63) is 29.3 Å². The number of rotatable bonds is 4. The smallest absolute Gasteiger partial charge is 0.241 e. The summed E-state index contributed by atoms with van der Waals surface area (Å²) in [5.74, 6) is 0. The van der Waals surface area contributed by atoms with Crippen molar-refractivity contribution in [3.8, 4) is 0 Å². The molecule has 1 aliphatic rings. The second kappa shape index (κ2) is 6.07. The average molecular weight is 311 g/mol. The van der Waals surface area contributed by atoms with Gasteiger partial charge in [-0.2, -0.15) is 0 Å². The molecule has 21 heavy (non-hydrogen) atoms. The van der Waals surface area contributed by atoms with Crippen molar-refractivity contribution in [2.75, 3.05) is 0 Å². The van der Waals surface area contributed by atoms with Gasteiger partial charge < -0.3 is 5.11 Å². The van der Waals surface area contributed by atoms with Gasteiger partial charge in [0.1, 0.15) is 0 Å². The number of aliphatic hydroxyl groups is 1. The molecule has 2 rings (SSSR count). The standard InChI is InChI=1S/C16H25NO3S/c1-12-13(11-18)7-6-8-14(12)21(19,20)17-15-9-4-5-10-16(15,2)3/h6-8,15,17-18H,4-5,9-11H2,1-3H3. The zero-order valence-corrected chi connectivity index (χ0v) is 13.8. The monoisotopic (exact) mass is 311 g/mol. The summed E-state index contributed by atoms with van der Waals surface area (Å²) in [7, 11) is -3.56. The van der Waals surface area contributed by atoms with Gasteiger partial charge in [-0.15, -0.1) is 0 Å². The van der Waals surface area contributed by atoms with Gasteiger partial charge in [-0.1, -0.05) is 38.8 Å². The molecule has 1 atom stereocenters.